The zero-order chi connectivity index (χ0) is 9.80. The molecule has 0 bridgehead atoms. The van der Waals surface area contributed by atoms with Gasteiger partial charge in [0.25, 0.3) is 0 Å². The first kappa shape index (κ1) is 9.90. The van der Waals surface area contributed by atoms with E-state index in [0.717, 1.165) is 23.8 Å². The highest BCUT2D eigenvalue weighted by Crippen LogP contribution is 2.23. The van der Waals surface area contributed by atoms with Crippen LogP contribution in [0.1, 0.15) is 44.9 Å². The molecule has 0 saturated heterocycles. The van der Waals surface area contributed by atoms with E-state index >= 15 is 0 Å². The van der Waals surface area contributed by atoms with Gasteiger partial charge in [0.1, 0.15) is 5.82 Å². The molecule has 0 aliphatic heterocycles. The molecule has 14 heavy (non-hydrogen) atoms. The van der Waals surface area contributed by atoms with Gasteiger partial charge in [-0.25, -0.2) is 4.98 Å². The van der Waals surface area contributed by atoms with E-state index in [1.807, 2.05) is 0 Å². The Kier molecular flexibility index (Phi) is 3.35. The van der Waals surface area contributed by atoms with Gasteiger partial charge in [-0.3, -0.25) is 0 Å². The van der Waals surface area contributed by atoms with Crippen molar-refractivity contribution in [3.05, 3.63) is 5.82 Å². The van der Waals surface area contributed by atoms with Crippen molar-refractivity contribution >= 4 is 16.7 Å². The lowest BCUT2D eigenvalue weighted by molar-refractivity contribution is 0.752. The Bertz CT molecular complexity index is 279. The molecule has 0 amide bonds. The molecule has 1 saturated carbocycles. The minimum Gasteiger partial charge on any atom is -0.358 e. The summed E-state index contributed by atoms with van der Waals surface area (Å²) < 4.78 is 4.32. The van der Waals surface area contributed by atoms with Crippen LogP contribution in [0.4, 0.5) is 5.13 Å². The Balaban J connectivity index is 1.88. The molecule has 78 valence electrons. The van der Waals surface area contributed by atoms with E-state index in [2.05, 4.69) is 21.6 Å². The van der Waals surface area contributed by atoms with Crippen LogP contribution in [0.25, 0.3) is 0 Å². The summed E-state index contributed by atoms with van der Waals surface area (Å²) in [5, 5.41) is 4.48. The Morgan fingerprint density at radius 1 is 1.43 bits per heavy atom. The highest BCUT2D eigenvalue weighted by atomic mass is 32.1. The fourth-order valence-electron chi connectivity index (χ4n) is 1.88. The quantitative estimate of drug-likeness (QED) is 0.832. The van der Waals surface area contributed by atoms with Crippen LogP contribution in [0.5, 0.6) is 0 Å². The summed E-state index contributed by atoms with van der Waals surface area (Å²) in [6, 6.07) is 0.650. The summed E-state index contributed by atoms with van der Waals surface area (Å²) in [5.41, 5.74) is 0. The van der Waals surface area contributed by atoms with Crippen molar-refractivity contribution in [3.8, 4) is 0 Å². The zero-order valence-electron chi connectivity index (χ0n) is 8.62. The minimum absolute atomic E-state index is 0.650. The summed E-state index contributed by atoms with van der Waals surface area (Å²) in [7, 11) is 0. The summed E-state index contributed by atoms with van der Waals surface area (Å²) in [4.78, 5) is 4.46. The largest absolute Gasteiger partial charge is 0.358 e. The van der Waals surface area contributed by atoms with Crippen LogP contribution < -0.4 is 5.32 Å². The molecule has 1 aromatic heterocycles. The molecule has 0 spiro atoms. The molecule has 2 rings (SSSR count). The predicted molar refractivity (Wildman–Crippen MR) is 59.8 cm³/mol. The molecule has 1 N–H and O–H groups in total. The van der Waals surface area contributed by atoms with Crippen LogP contribution in [0, 0.1) is 0 Å². The van der Waals surface area contributed by atoms with E-state index in [1.165, 1.54) is 37.2 Å². The highest BCUT2D eigenvalue weighted by molar-refractivity contribution is 7.09. The fraction of sp³-hybridized carbons (Fsp3) is 0.800. The fourth-order valence-corrected chi connectivity index (χ4v) is 2.57. The minimum atomic E-state index is 0.650. The highest BCUT2D eigenvalue weighted by Gasteiger charge is 2.15. The summed E-state index contributed by atoms with van der Waals surface area (Å²) >= 11 is 1.50. The van der Waals surface area contributed by atoms with E-state index in [-0.39, 0.29) is 0 Å². The second kappa shape index (κ2) is 4.73. The number of rotatable bonds is 4. The lowest BCUT2D eigenvalue weighted by Gasteiger charge is -2.08. The summed E-state index contributed by atoms with van der Waals surface area (Å²) in [6.07, 6.45) is 7.43. The topological polar surface area (TPSA) is 37.8 Å². The maximum atomic E-state index is 4.46. The summed E-state index contributed by atoms with van der Waals surface area (Å²) in [6.45, 7) is 2.16. The number of hydrogen-bond donors (Lipinski definition) is 1. The number of hydrogen-bond acceptors (Lipinski definition) is 4. The molecule has 1 aliphatic rings. The van der Waals surface area contributed by atoms with Gasteiger partial charge < -0.3 is 5.32 Å². The third-order valence-corrected chi connectivity index (χ3v) is 3.31. The Labute approximate surface area is 89.1 Å². The van der Waals surface area contributed by atoms with Crippen molar-refractivity contribution in [3.63, 3.8) is 0 Å². The van der Waals surface area contributed by atoms with Crippen LogP contribution in [-0.2, 0) is 6.42 Å². The van der Waals surface area contributed by atoms with Gasteiger partial charge in [0, 0.05) is 24.0 Å². The number of aromatic nitrogens is 2. The van der Waals surface area contributed by atoms with Gasteiger partial charge in [0.05, 0.1) is 0 Å². The van der Waals surface area contributed by atoms with Crippen molar-refractivity contribution in [2.45, 2.75) is 51.5 Å². The monoisotopic (exact) mass is 211 g/mol. The number of nitrogens with one attached hydrogen (secondary N) is 1. The first-order chi connectivity index (χ1) is 6.88. The van der Waals surface area contributed by atoms with Gasteiger partial charge in [0.15, 0.2) is 0 Å². The average Bonchev–Trinajstić information content (AvgIpc) is 2.79. The summed E-state index contributed by atoms with van der Waals surface area (Å²) in [5.74, 6) is 0.998. The normalized spacial score (nSPS) is 17.5. The van der Waals surface area contributed by atoms with Gasteiger partial charge in [-0.1, -0.05) is 19.8 Å². The van der Waals surface area contributed by atoms with Gasteiger partial charge in [-0.05, 0) is 19.3 Å². The molecule has 4 heteroatoms. The smallest absolute Gasteiger partial charge is 0.202 e. The van der Waals surface area contributed by atoms with Crippen molar-refractivity contribution in [1.29, 1.82) is 0 Å². The molecule has 1 aromatic rings. The SMILES string of the molecule is CCCc1nsc(NC2CCCC2)n1. The van der Waals surface area contributed by atoms with Crippen LogP contribution >= 0.6 is 11.5 Å². The van der Waals surface area contributed by atoms with Crippen LogP contribution in [-0.4, -0.2) is 15.4 Å². The van der Waals surface area contributed by atoms with E-state index < -0.39 is 0 Å². The Morgan fingerprint density at radius 2 is 2.21 bits per heavy atom. The predicted octanol–water partition coefficient (Wildman–Crippen LogP) is 2.85. The van der Waals surface area contributed by atoms with E-state index in [0.29, 0.717) is 6.04 Å². The molecule has 3 nitrogen and oxygen atoms in total. The van der Waals surface area contributed by atoms with Gasteiger partial charge in [0.2, 0.25) is 5.13 Å². The first-order valence-corrected chi connectivity index (χ1v) is 6.25. The van der Waals surface area contributed by atoms with Crippen LogP contribution in [0.3, 0.4) is 0 Å². The molecular formula is C10H17N3S. The van der Waals surface area contributed by atoms with Gasteiger partial charge in [-0.15, -0.1) is 0 Å². The molecular weight excluding hydrogens is 194 g/mol. The van der Waals surface area contributed by atoms with Crippen LogP contribution in [0.15, 0.2) is 0 Å². The lowest BCUT2D eigenvalue weighted by Crippen LogP contribution is -2.14. The third kappa shape index (κ3) is 2.44. The maximum Gasteiger partial charge on any atom is 0.202 e. The standard InChI is InChI=1S/C10H17N3S/c1-2-5-9-12-10(14-13-9)11-8-6-3-4-7-8/h8H,2-7H2,1H3,(H,11,12,13). The van der Waals surface area contributed by atoms with Gasteiger partial charge >= 0.3 is 0 Å². The molecule has 1 heterocycles. The van der Waals surface area contributed by atoms with E-state index in [4.69, 9.17) is 0 Å². The molecule has 0 aromatic carbocycles. The van der Waals surface area contributed by atoms with E-state index in [1.54, 1.807) is 0 Å². The molecule has 0 atom stereocenters. The first-order valence-electron chi connectivity index (χ1n) is 5.47. The third-order valence-electron chi connectivity index (χ3n) is 2.62. The van der Waals surface area contributed by atoms with Crippen LogP contribution in [0.2, 0.25) is 0 Å². The molecule has 1 aliphatic carbocycles. The Morgan fingerprint density at radius 3 is 2.93 bits per heavy atom. The zero-order valence-corrected chi connectivity index (χ0v) is 9.44. The lowest BCUT2D eigenvalue weighted by atomic mass is 10.3. The molecule has 1 fully saturated rings. The van der Waals surface area contributed by atoms with Crippen molar-refractivity contribution in [2.24, 2.45) is 0 Å². The van der Waals surface area contributed by atoms with Crippen molar-refractivity contribution in [1.82, 2.24) is 9.36 Å². The molecule has 0 unspecified atom stereocenters. The average molecular weight is 211 g/mol. The molecule has 0 radical (unpaired) electrons. The van der Waals surface area contributed by atoms with Crippen molar-refractivity contribution < 1.29 is 0 Å². The number of anilines is 1. The number of aryl methyl sites for hydroxylation is 1. The number of nitrogens with zero attached hydrogens (tertiary/aromatic N) is 2. The second-order valence-corrected chi connectivity index (χ2v) is 4.64. The van der Waals surface area contributed by atoms with Gasteiger partial charge in [-0.2, -0.15) is 4.37 Å². The Hall–Kier alpha value is -0.640. The maximum absolute atomic E-state index is 4.46. The van der Waals surface area contributed by atoms with E-state index in [9.17, 15) is 0 Å². The van der Waals surface area contributed by atoms with Crippen molar-refractivity contribution in [2.75, 3.05) is 5.32 Å². The second-order valence-electron chi connectivity index (χ2n) is 3.89.